The Kier molecular flexibility index (Phi) is 6.20. The summed E-state index contributed by atoms with van der Waals surface area (Å²) in [6, 6.07) is 8.27. The van der Waals surface area contributed by atoms with Gasteiger partial charge in [0.25, 0.3) is 0 Å². The van der Waals surface area contributed by atoms with Crippen molar-refractivity contribution < 1.29 is 10.2 Å². The fraction of sp³-hybridized carbons (Fsp3) is 0.545. The van der Waals surface area contributed by atoms with Gasteiger partial charge in [-0.1, -0.05) is 32.0 Å². The number of hydrogen-bond acceptors (Lipinski definition) is 6. The molecule has 0 unspecified atom stereocenters. The van der Waals surface area contributed by atoms with Crippen LogP contribution < -0.4 is 10.2 Å². The van der Waals surface area contributed by atoms with Crippen LogP contribution in [0, 0.1) is 0 Å². The molecule has 0 amide bonds. The molecule has 0 atom stereocenters. The summed E-state index contributed by atoms with van der Waals surface area (Å²) in [7, 11) is 0. The Morgan fingerprint density at radius 2 is 1.96 bits per heavy atom. The lowest BCUT2D eigenvalue weighted by molar-refractivity contribution is 0.0785. The highest BCUT2D eigenvalue weighted by Gasteiger charge is 2.22. The molecule has 3 N–H and O–H groups in total. The second-order valence-electron chi connectivity index (χ2n) is 8.34. The number of nitrogens with zero attached hydrogens (tertiary/aromatic N) is 3. The molecule has 1 aromatic heterocycles. The molecule has 0 saturated carbocycles. The smallest absolute Gasteiger partial charge is 0.135 e. The van der Waals surface area contributed by atoms with E-state index >= 15 is 0 Å². The lowest BCUT2D eigenvalue weighted by atomic mass is 9.91. The molecule has 6 heteroatoms. The summed E-state index contributed by atoms with van der Waals surface area (Å²) in [6.45, 7) is 10.4. The molecule has 0 spiro atoms. The maximum absolute atomic E-state index is 10.3. The lowest BCUT2D eigenvalue weighted by Crippen LogP contribution is -2.32. The summed E-state index contributed by atoms with van der Waals surface area (Å²) >= 11 is 0. The van der Waals surface area contributed by atoms with Gasteiger partial charge < -0.3 is 20.4 Å². The Balaban J connectivity index is 1.84. The van der Waals surface area contributed by atoms with Crippen molar-refractivity contribution in [2.24, 2.45) is 0 Å². The molecule has 1 aromatic carbocycles. The topological polar surface area (TPSA) is 81.5 Å². The van der Waals surface area contributed by atoms with E-state index in [1.807, 2.05) is 26.0 Å². The molecule has 3 rings (SSSR count). The molecule has 6 nitrogen and oxygen atoms in total. The Morgan fingerprint density at radius 1 is 1.18 bits per heavy atom. The number of anilines is 2. The van der Waals surface area contributed by atoms with E-state index in [2.05, 4.69) is 41.2 Å². The zero-order valence-electron chi connectivity index (χ0n) is 17.4. The highest BCUT2D eigenvalue weighted by Crippen LogP contribution is 2.29. The van der Waals surface area contributed by atoms with Crippen molar-refractivity contribution in [3.8, 4) is 0 Å². The minimum atomic E-state index is -0.819. The zero-order chi connectivity index (χ0) is 20.3. The van der Waals surface area contributed by atoms with Gasteiger partial charge in [0.2, 0.25) is 0 Å². The Morgan fingerprint density at radius 3 is 2.64 bits per heavy atom. The number of rotatable bonds is 7. The molecular formula is C22H32N4O2. The highest BCUT2D eigenvalue weighted by molar-refractivity contribution is 5.52. The minimum Gasteiger partial charge on any atom is -0.396 e. The Bertz CT molecular complexity index is 815. The van der Waals surface area contributed by atoms with Crippen molar-refractivity contribution in [1.82, 2.24) is 9.97 Å². The number of fused-ring (bicyclic) bond motifs is 1. The van der Waals surface area contributed by atoms with Crippen LogP contribution in [-0.2, 0) is 18.6 Å². The normalized spacial score (nSPS) is 14.3. The number of benzene rings is 1. The maximum atomic E-state index is 10.3. The van der Waals surface area contributed by atoms with Crippen LogP contribution in [0.25, 0.3) is 0 Å². The van der Waals surface area contributed by atoms with Crippen LogP contribution >= 0.6 is 0 Å². The van der Waals surface area contributed by atoms with E-state index in [4.69, 9.17) is 10.1 Å². The average Bonchev–Trinajstić information content (AvgIpc) is 2.66. The zero-order valence-corrected chi connectivity index (χ0v) is 17.4. The largest absolute Gasteiger partial charge is 0.396 e. The third-order valence-corrected chi connectivity index (χ3v) is 5.14. The van der Waals surface area contributed by atoms with Gasteiger partial charge in [0.1, 0.15) is 17.5 Å². The fourth-order valence-electron chi connectivity index (χ4n) is 3.39. The predicted octanol–water partition coefficient (Wildman–Crippen LogP) is 3.18. The summed E-state index contributed by atoms with van der Waals surface area (Å²) in [6.07, 6.45) is 1.62. The first kappa shape index (κ1) is 20.6. The van der Waals surface area contributed by atoms with E-state index in [-0.39, 0.29) is 12.5 Å². The summed E-state index contributed by atoms with van der Waals surface area (Å²) < 4.78 is 0. The van der Waals surface area contributed by atoms with Gasteiger partial charge in [-0.15, -0.1) is 0 Å². The van der Waals surface area contributed by atoms with Crippen molar-refractivity contribution in [2.45, 2.75) is 58.6 Å². The van der Waals surface area contributed by atoms with Crippen LogP contribution in [-0.4, -0.2) is 39.9 Å². The molecule has 2 aromatic rings. The van der Waals surface area contributed by atoms with Gasteiger partial charge in [-0.05, 0) is 43.4 Å². The molecule has 0 radical (unpaired) electrons. The van der Waals surface area contributed by atoms with Crippen LogP contribution in [0.1, 0.15) is 62.5 Å². The molecule has 0 aliphatic carbocycles. The van der Waals surface area contributed by atoms with E-state index in [0.717, 1.165) is 42.5 Å². The number of aliphatic hydroxyl groups is 2. The molecule has 152 valence electrons. The summed E-state index contributed by atoms with van der Waals surface area (Å²) in [5.41, 5.74) is 2.72. The van der Waals surface area contributed by atoms with E-state index in [1.54, 1.807) is 0 Å². The van der Waals surface area contributed by atoms with Crippen molar-refractivity contribution in [3.05, 3.63) is 46.8 Å². The van der Waals surface area contributed by atoms with Crippen molar-refractivity contribution >= 4 is 11.6 Å². The summed E-state index contributed by atoms with van der Waals surface area (Å²) in [4.78, 5) is 11.7. The Labute approximate surface area is 167 Å². The standard InChI is InChI=1S/C22H32N4O2/c1-15(2)21-24-19(23-9-5-11-27)13-20(25-21)26-10-8-16-12-18(22(3,4)28)7-6-17(16)14-26/h6-7,12-13,15,27-28H,5,8-11,14H2,1-4H3,(H,23,24,25). The summed E-state index contributed by atoms with van der Waals surface area (Å²) in [5.74, 6) is 2.81. The number of nitrogens with one attached hydrogen (secondary N) is 1. The van der Waals surface area contributed by atoms with Gasteiger partial charge in [0.15, 0.2) is 0 Å². The van der Waals surface area contributed by atoms with Gasteiger partial charge in [-0.3, -0.25) is 0 Å². The van der Waals surface area contributed by atoms with Gasteiger partial charge in [0, 0.05) is 38.2 Å². The maximum Gasteiger partial charge on any atom is 0.135 e. The number of aromatic nitrogens is 2. The van der Waals surface area contributed by atoms with Crippen molar-refractivity contribution in [1.29, 1.82) is 0 Å². The second-order valence-corrected chi connectivity index (χ2v) is 8.34. The molecular weight excluding hydrogens is 352 g/mol. The first-order chi connectivity index (χ1) is 13.3. The van der Waals surface area contributed by atoms with Crippen molar-refractivity contribution in [3.63, 3.8) is 0 Å². The highest BCUT2D eigenvalue weighted by atomic mass is 16.3. The first-order valence-electron chi connectivity index (χ1n) is 10.1. The van der Waals surface area contributed by atoms with Crippen LogP contribution in [0.3, 0.4) is 0 Å². The van der Waals surface area contributed by atoms with Crippen LogP contribution in [0.15, 0.2) is 24.3 Å². The first-order valence-corrected chi connectivity index (χ1v) is 10.1. The second kappa shape index (κ2) is 8.45. The van der Waals surface area contributed by atoms with E-state index in [0.29, 0.717) is 13.0 Å². The predicted molar refractivity (Wildman–Crippen MR) is 113 cm³/mol. The average molecular weight is 385 g/mol. The monoisotopic (exact) mass is 384 g/mol. The van der Waals surface area contributed by atoms with Crippen LogP contribution in [0.2, 0.25) is 0 Å². The molecule has 2 heterocycles. The third-order valence-electron chi connectivity index (χ3n) is 5.14. The van der Waals surface area contributed by atoms with Crippen LogP contribution in [0.4, 0.5) is 11.6 Å². The van der Waals surface area contributed by atoms with Crippen molar-refractivity contribution in [2.75, 3.05) is 29.9 Å². The van der Waals surface area contributed by atoms with Gasteiger partial charge in [-0.25, -0.2) is 9.97 Å². The molecule has 0 fully saturated rings. The van der Waals surface area contributed by atoms with Crippen LogP contribution in [0.5, 0.6) is 0 Å². The number of hydrogen-bond donors (Lipinski definition) is 3. The van der Waals surface area contributed by atoms with E-state index < -0.39 is 5.60 Å². The molecule has 28 heavy (non-hydrogen) atoms. The molecule has 0 bridgehead atoms. The van der Waals surface area contributed by atoms with Gasteiger partial charge in [-0.2, -0.15) is 0 Å². The molecule has 1 aliphatic rings. The minimum absolute atomic E-state index is 0.164. The molecule has 0 saturated heterocycles. The third kappa shape index (κ3) is 4.80. The lowest BCUT2D eigenvalue weighted by Gasteiger charge is -2.31. The summed E-state index contributed by atoms with van der Waals surface area (Å²) in [5, 5.41) is 22.6. The van der Waals surface area contributed by atoms with Gasteiger partial charge in [0.05, 0.1) is 5.60 Å². The quantitative estimate of drug-likeness (QED) is 0.636. The number of aliphatic hydroxyl groups excluding tert-OH is 1. The fourth-order valence-corrected chi connectivity index (χ4v) is 3.39. The SMILES string of the molecule is CC(C)c1nc(NCCCO)cc(N2CCc3cc(C(C)(C)O)ccc3C2)n1. The molecule has 1 aliphatic heterocycles. The van der Waals surface area contributed by atoms with Gasteiger partial charge >= 0.3 is 0 Å². The Hall–Kier alpha value is -2.18. The van der Waals surface area contributed by atoms with E-state index in [1.165, 1.54) is 11.1 Å². The van der Waals surface area contributed by atoms with E-state index in [9.17, 15) is 5.11 Å².